The molecule has 0 radical (unpaired) electrons. The van der Waals surface area contributed by atoms with Crippen molar-refractivity contribution in [3.05, 3.63) is 20.8 Å². The van der Waals surface area contributed by atoms with Gasteiger partial charge in [0.1, 0.15) is 0 Å². The first-order chi connectivity index (χ1) is 8.56. The second kappa shape index (κ2) is 6.43. The zero-order chi connectivity index (χ0) is 13.1. The SMILES string of the molecule is CC(C(N)=S)N1CCN(Cc2ccc(Br)s2)CC1. The van der Waals surface area contributed by atoms with Gasteiger partial charge in [0.15, 0.2) is 0 Å². The summed E-state index contributed by atoms with van der Waals surface area (Å²) in [5.74, 6) is 0. The molecule has 2 heterocycles. The second-order valence-electron chi connectivity index (χ2n) is 4.60. The molecule has 2 rings (SSSR count). The number of thiocarbonyl (C=S) groups is 1. The second-order valence-corrected chi connectivity index (χ2v) is 7.62. The highest BCUT2D eigenvalue weighted by Crippen LogP contribution is 2.23. The van der Waals surface area contributed by atoms with Crippen LogP contribution < -0.4 is 5.73 Å². The zero-order valence-corrected chi connectivity index (χ0v) is 13.7. The van der Waals surface area contributed by atoms with E-state index in [9.17, 15) is 0 Å². The average molecular weight is 348 g/mol. The first kappa shape index (κ1) is 14.4. The van der Waals surface area contributed by atoms with Gasteiger partial charge >= 0.3 is 0 Å². The minimum absolute atomic E-state index is 0.220. The lowest BCUT2D eigenvalue weighted by atomic mass is 10.2. The van der Waals surface area contributed by atoms with Gasteiger partial charge in [0, 0.05) is 37.6 Å². The molecule has 0 aromatic carbocycles. The van der Waals surface area contributed by atoms with Crippen molar-refractivity contribution in [2.24, 2.45) is 5.73 Å². The Morgan fingerprint density at radius 2 is 2.11 bits per heavy atom. The fourth-order valence-corrected chi connectivity index (χ4v) is 3.82. The Morgan fingerprint density at radius 1 is 1.44 bits per heavy atom. The van der Waals surface area contributed by atoms with E-state index in [1.807, 2.05) is 11.3 Å². The van der Waals surface area contributed by atoms with Crippen molar-refractivity contribution in [3.8, 4) is 0 Å². The van der Waals surface area contributed by atoms with Gasteiger partial charge in [-0.05, 0) is 35.0 Å². The van der Waals surface area contributed by atoms with E-state index in [2.05, 4.69) is 44.8 Å². The van der Waals surface area contributed by atoms with E-state index >= 15 is 0 Å². The molecule has 1 aliphatic rings. The lowest BCUT2D eigenvalue weighted by molar-refractivity contribution is 0.118. The predicted molar refractivity (Wildman–Crippen MR) is 85.1 cm³/mol. The molecule has 2 N–H and O–H groups in total. The van der Waals surface area contributed by atoms with Crippen LogP contribution in [0.1, 0.15) is 11.8 Å². The van der Waals surface area contributed by atoms with Gasteiger partial charge in [-0.1, -0.05) is 12.2 Å². The summed E-state index contributed by atoms with van der Waals surface area (Å²) in [6, 6.07) is 4.53. The summed E-state index contributed by atoms with van der Waals surface area (Å²) < 4.78 is 1.21. The molecule has 3 nitrogen and oxygen atoms in total. The quantitative estimate of drug-likeness (QED) is 0.847. The molecule has 0 amide bonds. The number of piperazine rings is 1. The maximum atomic E-state index is 5.70. The van der Waals surface area contributed by atoms with E-state index in [1.54, 1.807) is 0 Å². The van der Waals surface area contributed by atoms with Crippen LogP contribution in [0.15, 0.2) is 15.9 Å². The number of hydrogen-bond acceptors (Lipinski definition) is 4. The van der Waals surface area contributed by atoms with Gasteiger partial charge in [-0.3, -0.25) is 9.80 Å². The Bertz CT molecular complexity index is 413. The largest absolute Gasteiger partial charge is 0.392 e. The van der Waals surface area contributed by atoms with Crippen LogP contribution >= 0.6 is 39.5 Å². The Balaban J connectivity index is 1.81. The number of rotatable bonds is 4. The van der Waals surface area contributed by atoms with Crippen LogP contribution in [0.3, 0.4) is 0 Å². The summed E-state index contributed by atoms with van der Waals surface area (Å²) in [7, 11) is 0. The van der Waals surface area contributed by atoms with Gasteiger partial charge in [-0.2, -0.15) is 0 Å². The normalized spacial score (nSPS) is 19.9. The highest BCUT2D eigenvalue weighted by molar-refractivity contribution is 9.11. The Hall–Kier alpha value is -0.0100. The highest BCUT2D eigenvalue weighted by Gasteiger charge is 2.22. The molecule has 1 aromatic heterocycles. The van der Waals surface area contributed by atoms with E-state index in [0.29, 0.717) is 4.99 Å². The van der Waals surface area contributed by atoms with Crippen LogP contribution in [0.4, 0.5) is 0 Å². The minimum atomic E-state index is 0.220. The van der Waals surface area contributed by atoms with E-state index in [1.165, 1.54) is 8.66 Å². The lowest BCUT2D eigenvalue weighted by Gasteiger charge is -2.37. The first-order valence-electron chi connectivity index (χ1n) is 6.06. The van der Waals surface area contributed by atoms with Crippen molar-refractivity contribution in [1.29, 1.82) is 0 Å². The third-order valence-electron chi connectivity index (χ3n) is 3.37. The Labute approximate surface area is 126 Å². The van der Waals surface area contributed by atoms with Crippen molar-refractivity contribution < 1.29 is 0 Å². The molecular formula is C12H18BrN3S2. The number of hydrogen-bond donors (Lipinski definition) is 1. The van der Waals surface area contributed by atoms with Gasteiger partial charge < -0.3 is 5.73 Å². The third kappa shape index (κ3) is 3.74. The molecule has 18 heavy (non-hydrogen) atoms. The first-order valence-corrected chi connectivity index (χ1v) is 8.08. The molecule has 6 heteroatoms. The van der Waals surface area contributed by atoms with Crippen LogP contribution in [-0.2, 0) is 6.54 Å². The summed E-state index contributed by atoms with van der Waals surface area (Å²) in [5, 5.41) is 0. The fourth-order valence-electron chi connectivity index (χ4n) is 2.15. The number of halogens is 1. The molecule has 0 bridgehead atoms. The molecule has 1 saturated heterocycles. The monoisotopic (exact) mass is 347 g/mol. The number of nitrogens with zero attached hydrogens (tertiary/aromatic N) is 2. The molecule has 0 saturated carbocycles. The summed E-state index contributed by atoms with van der Waals surface area (Å²) in [6.45, 7) is 7.40. The fraction of sp³-hybridized carbons (Fsp3) is 0.583. The van der Waals surface area contributed by atoms with Crippen molar-refractivity contribution in [3.63, 3.8) is 0 Å². The summed E-state index contributed by atoms with van der Waals surface area (Å²) in [5.41, 5.74) is 5.70. The van der Waals surface area contributed by atoms with Crippen molar-refractivity contribution in [1.82, 2.24) is 9.80 Å². The lowest BCUT2D eigenvalue weighted by Crippen LogP contribution is -2.52. The molecular weight excluding hydrogens is 330 g/mol. The Morgan fingerprint density at radius 3 is 2.61 bits per heavy atom. The van der Waals surface area contributed by atoms with E-state index in [0.717, 1.165) is 32.7 Å². The number of thiophene rings is 1. The van der Waals surface area contributed by atoms with E-state index in [-0.39, 0.29) is 6.04 Å². The van der Waals surface area contributed by atoms with Crippen molar-refractivity contribution in [2.45, 2.75) is 19.5 Å². The van der Waals surface area contributed by atoms with Gasteiger partial charge in [0.2, 0.25) is 0 Å². The molecule has 1 aliphatic heterocycles. The Kier molecular flexibility index (Phi) is 5.14. The maximum absolute atomic E-state index is 5.70. The summed E-state index contributed by atoms with van der Waals surface area (Å²) in [6.07, 6.45) is 0. The van der Waals surface area contributed by atoms with Crippen LogP contribution in [-0.4, -0.2) is 47.0 Å². The van der Waals surface area contributed by atoms with Crippen LogP contribution in [0.5, 0.6) is 0 Å². The van der Waals surface area contributed by atoms with Gasteiger partial charge in [0.05, 0.1) is 14.8 Å². The zero-order valence-electron chi connectivity index (χ0n) is 10.4. The van der Waals surface area contributed by atoms with Gasteiger partial charge in [-0.15, -0.1) is 11.3 Å². The molecule has 1 fully saturated rings. The molecule has 0 aliphatic carbocycles. The van der Waals surface area contributed by atoms with E-state index < -0.39 is 0 Å². The van der Waals surface area contributed by atoms with Crippen LogP contribution in [0, 0.1) is 0 Å². The standard InChI is InChI=1S/C12H18BrN3S2/c1-9(12(14)17)16-6-4-15(5-7-16)8-10-2-3-11(13)18-10/h2-3,9H,4-8H2,1H3,(H2,14,17). The van der Waals surface area contributed by atoms with E-state index in [4.69, 9.17) is 18.0 Å². The van der Waals surface area contributed by atoms with Crippen molar-refractivity contribution >= 4 is 44.5 Å². The number of nitrogens with two attached hydrogens (primary N) is 1. The third-order valence-corrected chi connectivity index (χ3v) is 5.32. The summed E-state index contributed by atoms with van der Waals surface area (Å²) in [4.78, 5) is 6.87. The van der Waals surface area contributed by atoms with Crippen LogP contribution in [0.2, 0.25) is 0 Å². The molecule has 0 spiro atoms. The van der Waals surface area contributed by atoms with Crippen molar-refractivity contribution in [2.75, 3.05) is 26.2 Å². The highest BCUT2D eigenvalue weighted by atomic mass is 79.9. The molecule has 1 atom stereocenters. The smallest absolute Gasteiger partial charge is 0.0899 e. The summed E-state index contributed by atoms with van der Waals surface area (Å²) >= 11 is 10.4. The molecule has 1 unspecified atom stereocenters. The minimum Gasteiger partial charge on any atom is -0.392 e. The maximum Gasteiger partial charge on any atom is 0.0899 e. The van der Waals surface area contributed by atoms with Gasteiger partial charge in [-0.25, -0.2) is 0 Å². The molecule has 100 valence electrons. The van der Waals surface area contributed by atoms with Gasteiger partial charge in [0.25, 0.3) is 0 Å². The molecule has 1 aromatic rings. The topological polar surface area (TPSA) is 32.5 Å². The average Bonchev–Trinajstić information content (AvgIpc) is 2.75. The predicted octanol–water partition coefficient (Wildman–Crippen LogP) is 2.30. The van der Waals surface area contributed by atoms with Crippen LogP contribution in [0.25, 0.3) is 0 Å².